The lowest BCUT2D eigenvalue weighted by Crippen LogP contribution is -1.94. The second-order valence-corrected chi connectivity index (χ2v) is 4.26. The second-order valence-electron chi connectivity index (χ2n) is 3.25. The highest BCUT2D eigenvalue weighted by Gasteiger charge is 1.98. The minimum atomic E-state index is -0.00640. The van der Waals surface area contributed by atoms with Crippen molar-refractivity contribution >= 4 is 27.6 Å². The van der Waals surface area contributed by atoms with Gasteiger partial charge in [-0.15, -0.1) is 0 Å². The third-order valence-corrected chi connectivity index (χ3v) is 2.93. The molecule has 15 heavy (non-hydrogen) atoms. The summed E-state index contributed by atoms with van der Waals surface area (Å²) in [6, 6.07) is 5.91. The van der Waals surface area contributed by atoms with Gasteiger partial charge in [0.25, 0.3) is 0 Å². The molecule has 0 fully saturated rings. The molecule has 0 aliphatic heterocycles. The maximum atomic E-state index is 11.1. The Balaban J connectivity index is 2.34. The third-order valence-electron chi connectivity index (χ3n) is 2.09. The van der Waals surface area contributed by atoms with Crippen molar-refractivity contribution in [1.82, 2.24) is 4.98 Å². The van der Waals surface area contributed by atoms with Crippen LogP contribution in [0.2, 0.25) is 0 Å². The highest BCUT2D eigenvalue weighted by Crippen LogP contribution is 2.17. The van der Waals surface area contributed by atoms with E-state index >= 15 is 0 Å². The molecule has 0 unspecified atom stereocenters. The molecule has 0 aliphatic rings. The topological polar surface area (TPSA) is 58.9 Å². The first-order valence-electron chi connectivity index (χ1n) is 4.79. The van der Waals surface area contributed by atoms with Crippen molar-refractivity contribution in [2.45, 2.75) is 6.42 Å². The Morgan fingerprint density at radius 3 is 3.13 bits per heavy atom. The summed E-state index contributed by atoms with van der Waals surface area (Å²) in [5.41, 5.74) is 7.40. The molecule has 0 saturated carbocycles. The molecule has 1 aromatic carbocycles. The Labute approximate surface area is 91.2 Å². The average Bonchev–Trinajstić information content (AvgIpc) is 2.57. The van der Waals surface area contributed by atoms with E-state index in [1.807, 2.05) is 30.4 Å². The summed E-state index contributed by atoms with van der Waals surface area (Å²) in [4.78, 5) is 13.9. The van der Waals surface area contributed by atoms with Gasteiger partial charge in [-0.1, -0.05) is 29.6 Å². The highest BCUT2D eigenvalue weighted by atomic mass is 32.1. The van der Waals surface area contributed by atoms with Crippen LogP contribution in [0.3, 0.4) is 0 Å². The first kappa shape index (κ1) is 10.1. The third kappa shape index (κ3) is 2.34. The largest absolute Gasteiger partial charge is 0.330 e. The zero-order valence-corrected chi connectivity index (χ0v) is 9.01. The van der Waals surface area contributed by atoms with Crippen molar-refractivity contribution in [2.24, 2.45) is 5.73 Å². The molecule has 1 heterocycles. The van der Waals surface area contributed by atoms with Crippen molar-refractivity contribution in [3.8, 4) is 0 Å². The van der Waals surface area contributed by atoms with Crippen molar-refractivity contribution in [3.63, 3.8) is 0 Å². The molecule has 0 atom stereocenters. The smallest absolute Gasteiger partial charge is 0.305 e. The summed E-state index contributed by atoms with van der Waals surface area (Å²) in [7, 11) is 0. The quantitative estimate of drug-likeness (QED) is 0.830. The average molecular weight is 220 g/mol. The van der Waals surface area contributed by atoms with E-state index in [1.54, 1.807) is 0 Å². The molecular formula is C11H12N2OS. The molecule has 4 heteroatoms. The van der Waals surface area contributed by atoms with Crippen molar-refractivity contribution in [2.75, 3.05) is 6.54 Å². The van der Waals surface area contributed by atoms with E-state index in [0.29, 0.717) is 6.54 Å². The molecule has 0 aliphatic carbocycles. The molecule has 1 aromatic heterocycles. The van der Waals surface area contributed by atoms with Crippen LogP contribution in [0.4, 0.5) is 0 Å². The lowest BCUT2D eigenvalue weighted by molar-refractivity contribution is 1.01. The molecule has 0 bridgehead atoms. The van der Waals surface area contributed by atoms with Gasteiger partial charge in [-0.2, -0.15) is 0 Å². The Bertz CT molecular complexity index is 539. The minimum Gasteiger partial charge on any atom is -0.330 e. The number of nitrogens with two attached hydrogens (primary N) is 1. The molecule has 0 amide bonds. The lowest BCUT2D eigenvalue weighted by atomic mass is 10.2. The van der Waals surface area contributed by atoms with Gasteiger partial charge in [0, 0.05) is 0 Å². The van der Waals surface area contributed by atoms with Gasteiger partial charge in [-0.25, -0.2) is 0 Å². The number of H-pyrrole nitrogens is 1. The fourth-order valence-corrected chi connectivity index (χ4v) is 2.17. The van der Waals surface area contributed by atoms with Crippen LogP contribution in [0.1, 0.15) is 12.0 Å². The molecule has 3 N–H and O–H groups in total. The van der Waals surface area contributed by atoms with Gasteiger partial charge in [0.2, 0.25) is 0 Å². The fraction of sp³-hybridized carbons (Fsp3) is 0.182. The summed E-state index contributed by atoms with van der Waals surface area (Å²) in [5, 5.41) is 0. The van der Waals surface area contributed by atoms with Gasteiger partial charge in [0.15, 0.2) is 0 Å². The van der Waals surface area contributed by atoms with Gasteiger partial charge >= 0.3 is 4.87 Å². The van der Waals surface area contributed by atoms with Crippen LogP contribution in [-0.2, 0) is 0 Å². The molecule has 0 spiro atoms. The molecule has 78 valence electrons. The zero-order chi connectivity index (χ0) is 10.7. The van der Waals surface area contributed by atoms with Crippen LogP contribution >= 0.6 is 11.3 Å². The first-order chi connectivity index (χ1) is 7.29. The Morgan fingerprint density at radius 1 is 1.47 bits per heavy atom. The van der Waals surface area contributed by atoms with Crippen LogP contribution in [0.15, 0.2) is 29.1 Å². The monoisotopic (exact) mass is 220 g/mol. The second kappa shape index (κ2) is 4.42. The minimum absolute atomic E-state index is 0.00640. The van der Waals surface area contributed by atoms with Crippen molar-refractivity contribution in [1.29, 1.82) is 0 Å². The van der Waals surface area contributed by atoms with Gasteiger partial charge < -0.3 is 10.7 Å². The zero-order valence-electron chi connectivity index (χ0n) is 8.19. The van der Waals surface area contributed by atoms with E-state index in [1.165, 1.54) is 11.3 Å². The molecular weight excluding hydrogens is 208 g/mol. The number of rotatable bonds is 3. The lowest BCUT2D eigenvalue weighted by Gasteiger charge is -1.93. The summed E-state index contributed by atoms with van der Waals surface area (Å²) in [6.07, 6.45) is 4.94. The number of benzene rings is 1. The number of hydrogen-bond donors (Lipinski definition) is 2. The summed E-state index contributed by atoms with van der Waals surface area (Å²) in [6.45, 7) is 0.663. The van der Waals surface area contributed by atoms with E-state index in [9.17, 15) is 4.79 Å². The van der Waals surface area contributed by atoms with Crippen molar-refractivity contribution < 1.29 is 0 Å². The number of aromatic amines is 1. The standard InChI is InChI=1S/C11H12N2OS/c12-6-2-1-3-8-4-5-9-10(7-8)15-11(14)13-9/h1,3-5,7H,2,6,12H2,(H,13,14). The number of nitrogens with one attached hydrogen (secondary N) is 1. The summed E-state index contributed by atoms with van der Waals surface area (Å²) >= 11 is 1.24. The van der Waals surface area contributed by atoms with Crippen LogP contribution < -0.4 is 10.6 Å². The Morgan fingerprint density at radius 2 is 2.33 bits per heavy atom. The van der Waals surface area contributed by atoms with Crippen LogP contribution in [0.5, 0.6) is 0 Å². The molecule has 3 nitrogen and oxygen atoms in total. The Hall–Kier alpha value is -1.39. The van der Waals surface area contributed by atoms with E-state index < -0.39 is 0 Å². The van der Waals surface area contributed by atoms with Gasteiger partial charge in [-0.3, -0.25) is 4.79 Å². The Kier molecular flexibility index (Phi) is 2.99. The molecule has 2 aromatic rings. The van der Waals surface area contributed by atoms with Crippen LogP contribution in [-0.4, -0.2) is 11.5 Å². The van der Waals surface area contributed by atoms with Crippen molar-refractivity contribution in [3.05, 3.63) is 39.5 Å². The van der Waals surface area contributed by atoms with E-state index in [-0.39, 0.29) is 4.87 Å². The van der Waals surface area contributed by atoms with Gasteiger partial charge in [0.1, 0.15) is 0 Å². The first-order valence-corrected chi connectivity index (χ1v) is 5.61. The predicted octanol–water partition coefficient (Wildman–Crippen LogP) is 1.95. The fourth-order valence-electron chi connectivity index (χ4n) is 1.38. The van der Waals surface area contributed by atoms with E-state index in [4.69, 9.17) is 5.73 Å². The molecule has 0 radical (unpaired) electrons. The number of thiazole rings is 1. The SMILES string of the molecule is NCCC=Cc1ccc2[nH]c(=O)sc2c1. The highest BCUT2D eigenvalue weighted by molar-refractivity contribution is 7.16. The van der Waals surface area contributed by atoms with Gasteiger partial charge in [-0.05, 0) is 30.7 Å². The summed E-state index contributed by atoms with van der Waals surface area (Å²) < 4.78 is 0.995. The van der Waals surface area contributed by atoms with E-state index in [0.717, 1.165) is 22.2 Å². The molecule has 0 saturated heterocycles. The number of hydrogen-bond acceptors (Lipinski definition) is 3. The number of aromatic nitrogens is 1. The molecule has 2 rings (SSSR count). The van der Waals surface area contributed by atoms with E-state index in [2.05, 4.69) is 4.98 Å². The maximum absolute atomic E-state index is 11.1. The number of fused-ring (bicyclic) bond motifs is 1. The predicted molar refractivity (Wildman–Crippen MR) is 65.2 cm³/mol. The normalized spacial score (nSPS) is 11.5. The summed E-state index contributed by atoms with van der Waals surface area (Å²) in [5.74, 6) is 0. The maximum Gasteiger partial charge on any atom is 0.305 e. The van der Waals surface area contributed by atoms with Crippen LogP contribution in [0.25, 0.3) is 16.3 Å². The van der Waals surface area contributed by atoms with Crippen LogP contribution in [0, 0.1) is 0 Å². The van der Waals surface area contributed by atoms with Gasteiger partial charge in [0.05, 0.1) is 10.2 Å².